The first-order valence-electron chi connectivity index (χ1n) is 9.27. The number of hydrogen-bond donors (Lipinski definition) is 1. The Bertz CT molecular complexity index is 806. The number of methoxy groups -OCH3 is 1. The highest BCUT2D eigenvalue weighted by molar-refractivity contribution is 6.30. The van der Waals surface area contributed by atoms with Gasteiger partial charge in [0, 0.05) is 17.6 Å². The number of hydrogen-bond acceptors (Lipinski definition) is 3. The Morgan fingerprint density at radius 2 is 1.75 bits per heavy atom. The second kappa shape index (κ2) is 10.1. The molecule has 28 heavy (non-hydrogen) atoms. The first kappa shape index (κ1) is 21.8. The Balaban J connectivity index is 2.22. The third-order valence-corrected chi connectivity index (χ3v) is 4.59. The highest BCUT2D eigenvalue weighted by atomic mass is 35.5. The maximum atomic E-state index is 13.1. The molecule has 5 nitrogen and oxygen atoms in total. The Morgan fingerprint density at radius 3 is 2.32 bits per heavy atom. The van der Waals surface area contributed by atoms with E-state index in [-0.39, 0.29) is 24.3 Å². The van der Waals surface area contributed by atoms with Gasteiger partial charge < -0.3 is 15.0 Å². The molecule has 1 atom stereocenters. The summed E-state index contributed by atoms with van der Waals surface area (Å²) in [5.41, 5.74) is 1.73. The lowest BCUT2D eigenvalue weighted by Crippen LogP contribution is -2.49. The molecule has 0 aliphatic heterocycles. The minimum Gasteiger partial charge on any atom is -0.497 e. The zero-order valence-corrected chi connectivity index (χ0v) is 17.5. The Kier molecular flexibility index (Phi) is 7.88. The summed E-state index contributed by atoms with van der Waals surface area (Å²) >= 11 is 6.08. The molecule has 0 saturated carbocycles. The number of nitrogens with one attached hydrogen (secondary N) is 1. The van der Waals surface area contributed by atoms with Crippen LogP contribution in [0.4, 0.5) is 0 Å². The zero-order valence-electron chi connectivity index (χ0n) is 16.7. The predicted octanol–water partition coefficient (Wildman–Crippen LogP) is 3.83. The summed E-state index contributed by atoms with van der Waals surface area (Å²) in [7, 11) is 1.60. The van der Waals surface area contributed by atoms with Crippen LogP contribution in [-0.2, 0) is 22.6 Å². The number of amides is 2. The van der Waals surface area contributed by atoms with E-state index in [1.54, 1.807) is 25.0 Å². The number of carbonyl (C=O) groups is 2. The normalized spacial score (nSPS) is 11.8. The van der Waals surface area contributed by atoms with E-state index in [1.165, 1.54) is 0 Å². The summed E-state index contributed by atoms with van der Waals surface area (Å²) in [6.07, 6.45) is 0.198. The lowest BCUT2D eigenvalue weighted by molar-refractivity contribution is -0.140. The predicted molar refractivity (Wildman–Crippen MR) is 111 cm³/mol. The van der Waals surface area contributed by atoms with Gasteiger partial charge in [0.15, 0.2) is 0 Å². The fourth-order valence-corrected chi connectivity index (χ4v) is 3.05. The topological polar surface area (TPSA) is 58.6 Å². The molecule has 0 fully saturated rings. The molecule has 150 valence electrons. The van der Waals surface area contributed by atoms with E-state index in [1.807, 2.05) is 56.3 Å². The van der Waals surface area contributed by atoms with Crippen molar-refractivity contribution in [1.29, 1.82) is 0 Å². The Hall–Kier alpha value is -2.53. The molecular formula is C22H27ClN2O3. The maximum absolute atomic E-state index is 13.1. The number of carbonyl (C=O) groups excluding carboxylic acids is 2. The average molecular weight is 403 g/mol. The molecule has 0 bridgehead atoms. The maximum Gasteiger partial charge on any atom is 0.242 e. The summed E-state index contributed by atoms with van der Waals surface area (Å²) < 4.78 is 5.16. The molecule has 0 radical (unpaired) electrons. The molecular weight excluding hydrogens is 376 g/mol. The van der Waals surface area contributed by atoms with Gasteiger partial charge in [-0.15, -0.1) is 0 Å². The molecule has 1 N–H and O–H groups in total. The van der Waals surface area contributed by atoms with Crippen molar-refractivity contribution in [3.63, 3.8) is 0 Å². The van der Waals surface area contributed by atoms with Gasteiger partial charge in [0.25, 0.3) is 0 Å². The van der Waals surface area contributed by atoms with Gasteiger partial charge in [0.2, 0.25) is 11.8 Å². The van der Waals surface area contributed by atoms with Crippen LogP contribution in [0.5, 0.6) is 5.75 Å². The van der Waals surface area contributed by atoms with Crippen LogP contribution < -0.4 is 10.1 Å². The number of rotatable bonds is 8. The van der Waals surface area contributed by atoms with Gasteiger partial charge in [0.05, 0.1) is 13.5 Å². The summed E-state index contributed by atoms with van der Waals surface area (Å²) in [5, 5.41) is 3.48. The van der Waals surface area contributed by atoms with Crippen LogP contribution in [0.15, 0.2) is 48.5 Å². The van der Waals surface area contributed by atoms with Crippen LogP contribution in [0.25, 0.3) is 0 Å². The van der Waals surface area contributed by atoms with Crippen molar-refractivity contribution in [2.75, 3.05) is 7.11 Å². The zero-order chi connectivity index (χ0) is 20.7. The standard InChI is InChI=1S/C22H27ClN2O3/c1-15(2)24-22(27)16(3)25(14-18-6-5-7-19(23)12-18)21(26)13-17-8-10-20(28-4)11-9-17/h5-12,15-16H,13-14H2,1-4H3,(H,24,27)/t16-/m0/s1. The molecule has 0 heterocycles. The van der Waals surface area contributed by atoms with Crippen molar-refractivity contribution in [2.24, 2.45) is 0 Å². The third kappa shape index (κ3) is 6.27. The second-order valence-corrected chi connectivity index (χ2v) is 7.45. The number of ether oxygens (including phenoxy) is 1. The van der Waals surface area contributed by atoms with Crippen molar-refractivity contribution >= 4 is 23.4 Å². The largest absolute Gasteiger partial charge is 0.497 e. The van der Waals surface area contributed by atoms with Crippen LogP contribution in [0, 0.1) is 0 Å². The number of benzene rings is 2. The molecule has 2 amide bonds. The summed E-state index contributed by atoms with van der Waals surface area (Å²) in [6.45, 7) is 5.84. The van der Waals surface area contributed by atoms with Crippen molar-refractivity contribution in [2.45, 2.75) is 45.8 Å². The minimum atomic E-state index is -0.605. The van der Waals surface area contributed by atoms with Gasteiger partial charge in [-0.2, -0.15) is 0 Å². The molecule has 2 rings (SSSR count). The SMILES string of the molecule is COc1ccc(CC(=O)N(Cc2cccc(Cl)c2)[C@@H](C)C(=O)NC(C)C)cc1. The van der Waals surface area contributed by atoms with Crippen LogP contribution >= 0.6 is 11.6 Å². The average Bonchev–Trinajstić information content (AvgIpc) is 2.65. The summed E-state index contributed by atoms with van der Waals surface area (Å²) in [4.78, 5) is 27.2. The van der Waals surface area contributed by atoms with E-state index in [2.05, 4.69) is 5.32 Å². The van der Waals surface area contributed by atoms with Crippen molar-refractivity contribution < 1.29 is 14.3 Å². The summed E-state index contributed by atoms with van der Waals surface area (Å²) in [5.74, 6) is 0.424. The van der Waals surface area contributed by atoms with Crippen molar-refractivity contribution in [3.05, 3.63) is 64.7 Å². The molecule has 0 saturated heterocycles. The van der Waals surface area contributed by atoms with E-state index in [0.717, 1.165) is 16.9 Å². The highest BCUT2D eigenvalue weighted by Gasteiger charge is 2.26. The van der Waals surface area contributed by atoms with Crippen LogP contribution in [-0.4, -0.2) is 35.9 Å². The van der Waals surface area contributed by atoms with E-state index >= 15 is 0 Å². The van der Waals surface area contributed by atoms with E-state index in [9.17, 15) is 9.59 Å². The van der Waals surface area contributed by atoms with Crippen molar-refractivity contribution in [3.8, 4) is 5.75 Å². The number of nitrogens with zero attached hydrogens (tertiary/aromatic N) is 1. The van der Waals surface area contributed by atoms with Gasteiger partial charge in [-0.1, -0.05) is 35.9 Å². The molecule has 0 aromatic heterocycles. The summed E-state index contributed by atoms with van der Waals surface area (Å²) in [6, 6.07) is 14.1. The first-order chi connectivity index (χ1) is 13.3. The quantitative estimate of drug-likeness (QED) is 0.729. The van der Waals surface area contributed by atoms with Crippen LogP contribution in [0.1, 0.15) is 31.9 Å². The van der Waals surface area contributed by atoms with Gasteiger partial charge in [0.1, 0.15) is 11.8 Å². The molecule has 2 aromatic carbocycles. The second-order valence-electron chi connectivity index (χ2n) is 7.02. The van der Waals surface area contributed by atoms with Gasteiger partial charge in [-0.3, -0.25) is 9.59 Å². The molecule has 0 aliphatic rings. The van der Waals surface area contributed by atoms with E-state index < -0.39 is 6.04 Å². The highest BCUT2D eigenvalue weighted by Crippen LogP contribution is 2.17. The monoisotopic (exact) mass is 402 g/mol. The Labute approximate surface area is 171 Å². The fraction of sp³-hybridized carbons (Fsp3) is 0.364. The number of halogens is 1. The molecule has 2 aromatic rings. The minimum absolute atomic E-state index is 0.000315. The lowest BCUT2D eigenvalue weighted by atomic mass is 10.1. The molecule has 6 heteroatoms. The van der Waals surface area contributed by atoms with Crippen LogP contribution in [0.2, 0.25) is 5.02 Å². The van der Waals surface area contributed by atoms with Crippen molar-refractivity contribution in [1.82, 2.24) is 10.2 Å². The Morgan fingerprint density at radius 1 is 1.07 bits per heavy atom. The third-order valence-electron chi connectivity index (χ3n) is 4.35. The van der Waals surface area contributed by atoms with E-state index in [4.69, 9.17) is 16.3 Å². The first-order valence-corrected chi connectivity index (χ1v) is 9.65. The van der Waals surface area contributed by atoms with E-state index in [0.29, 0.717) is 11.6 Å². The van der Waals surface area contributed by atoms with Gasteiger partial charge in [-0.25, -0.2) is 0 Å². The fourth-order valence-electron chi connectivity index (χ4n) is 2.84. The molecule has 0 unspecified atom stereocenters. The molecule has 0 aliphatic carbocycles. The lowest BCUT2D eigenvalue weighted by Gasteiger charge is -2.29. The van der Waals surface area contributed by atoms with Gasteiger partial charge in [-0.05, 0) is 56.2 Å². The molecule has 0 spiro atoms. The smallest absolute Gasteiger partial charge is 0.242 e. The van der Waals surface area contributed by atoms with Crippen LogP contribution in [0.3, 0.4) is 0 Å². The van der Waals surface area contributed by atoms with Gasteiger partial charge >= 0.3 is 0 Å².